The fraction of sp³-hybridized carbons (Fsp3) is 0.455. The Bertz CT molecular complexity index is 1400. The van der Waals surface area contributed by atoms with E-state index < -0.39 is 5.92 Å². The van der Waals surface area contributed by atoms with Crippen molar-refractivity contribution >= 4 is 45.8 Å². The topological polar surface area (TPSA) is 55.8 Å². The summed E-state index contributed by atoms with van der Waals surface area (Å²) in [6, 6.07) is 11.6. The summed E-state index contributed by atoms with van der Waals surface area (Å²) < 4.78 is 13.2. The quantitative estimate of drug-likeness (QED) is 0.289. The molecule has 0 unspecified atom stereocenters. The van der Waals surface area contributed by atoms with E-state index in [1.165, 1.54) is 0 Å². The number of halogens is 2. The number of ether oxygens (including phenoxy) is 2. The molecule has 0 saturated carbocycles. The highest BCUT2D eigenvalue weighted by atomic mass is 127. The van der Waals surface area contributed by atoms with Crippen LogP contribution in [0.5, 0.6) is 11.5 Å². The minimum atomic E-state index is -0.418. The summed E-state index contributed by atoms with van der Waals surface area (Å²) in [5.41, 5.74) is 5.12. The number of carbonyl (C=O) groups excluding carboxylic acids is 2. The van der Waals surface area contributed by atoms with Gasteiger partial charge in [0.2, 0.25) is 0 Å². The van der Waals surface area contributed by atoms with Crippen molar-refractivity contribution in [3.8, 4) is 11.5 Å². The van der Waals surface area contributed by atoms with Crippen LogP contribution >= 0.6 is 34.2 Å². The van der Waals surface area contributed by atoms with Gasteiger partial charge < -0.3 is 14.4 Å². The van der Waals surface area contributed by atoms with Gasteiger partial charge in [0.05, 0.1) is 10.2 Å². The predicted molar refractivity (Wildman–Crippen MR) is 167 cm³/mol. The monoisotopic (exact) mass is 673 g/mol. The molecule has 212 valence electrons. The van der Waals surface area contributed by atoms with Crippen LogP contribution in [0.15, 0.2) is 58.9 Å². The van der Waals surface area contributed by atoms with Gasteiger partial charge >= 0.3 is 0 Å². The highest BCUT2D eigenvalue weighted by Gasteiger charge is 2.48. The van der Waals surface area contributed by atoms with Crippen LogP contribution in [0.1, 0.15) is 77.3 Å². The normalized spacial score (nSPS) is 20.4. The van der Waals surface area contributed by atoms with Gasteiger partial charge in [-0.1, -0.05) is 57.5 Å². The van der Waals surface area contributed by atoms with Crippen molar-refractivity contribution < 1.29 is 19.1 Å². The summed E-state index contributed by atoms with van der Waals surface area (Å²) in [6.07, 6.45) is 2.52. The summed E-state index contributed by atoms with van der Waals surface area (Å²) in [7, 11) is 2.03. The second-order valence-corrected chi connectivity index (χ2v) is 14.3. The predicted octanol–water partition coefficient (Wildman–Crippen LogP) is 8.24. The van der Waals surface area contributed by atoms with E-state index in [2.05, 4.69) is 61.3 Å². The van der Waals surface area contributed by atoms with Gasteiger partial charge in [0.15, 0.2) is 23.1 Å². The maximum Gasteiger partial charge on any atom is 0.174 e. The molecule has 0 aromatic heterocycles. The average Bonchev–Trinajstić information content (AvgIpc) is 2.84. The largest absolute Gasteiger partial charge is 0.490 e. The van der Waals surface area contributed by atoms with Gasteiger partial charge in [-0.15, -0.1) is 0 Å². The maximum atomic E-state index is 13.8. The first-order valence-electron chi connectivity index (χ1n) is 13.9. The molecule has 5 rings (SSSR count). The fourth-order valence-corrected chi connectivity index (χ4v) is 7.39. The van der Waals surface area contributed by atoms with Gasteiger partial charge in [-0.25, -0.2) is 0 Å². The van der Waals surface area contributed by atoms with Crippen molar-refractivity contribution in [2.75, 3.05) is 13.7 Å². The van der Waals surface area contributed by atoms with Crippen LogP contribution in [0.3, 0.4) is 0 Å². The van der Waals surface area contributed by atoms with Crippen LogP contribution in [-0.4, -0.2) is 30.1 Å². The first-order valence-corrected chi connectivity index (χ1v) is 15.4. The van der Waals surface area contributed by atoms with E-state index in [9.17, 15) is 9.59 Å². The van der Waals surface area contributed by atoms with E-state index in [0.29, 0.717) is 42.6 Å². The van der Waals surface area contributed by atoms with E-state index in [4.69, 9.17) is 21.1 Å². The number of nitrogens with zero attached hydrogens (tertiary/aromatic N) is 1. The smallest absolute Gasteiger partial charge is 0.174 e. The van der Waals surface area contributed by atoms with Crippen LogP contribution in [0.4, 0.5) is 0 Å². The van der Waals surface area contributed by atoms with E-state index >= 15 is 0 Å². The molecule has 7 heteroatoms. The molecule has 1 heterocycles. The SMILES string of the molecule is CCOc1cc(C2C3=C(CC(C)(C)CC3=O)N(C)C3=C2C(=O)CC(C)(C)C3)cc(I)c1OCc1ccccc1Cl. The third-order valence-corrected chi connectivity index (χ3v) is 9.34. The molecule has 40 heavy (non-hydrogen) atoms. The molecule has 1 aliphatic heterocycles. The Morgan fingerprint density at radius 2 is 1.50 bits per heavy atom. The number of Topliss-reactive ketones (excluding diaryl/α,β-unsaturated/α-hetero) is 2. The molecular weight excluding hydrogens is 637 g/mol. The minimum absolute atomic E-state index is 0.124. The van der Waals surface area contributed by atoms with Gasteiger partial charge in [0.25, 0.3) is 0 Å². The number of hydrogen-bond donors (Lipinski definition) is 0. The molecule has 2 aliphatic carbocycles. The molecule has 3 aliphatic rings. The molecule has 0 bridgehead atoms. The lowest BCUT2D eigenvalue weighted by molar-refractivity contribution is -0.119. The molecule has 0 radical (unpaired) electrons. The molecule has 0 N–H and O–H groups in total. The zero-order chi connectivity index (χ0) is 29.0. The van der Waals surface area contributed by atoms with Crippen molar-refractivity contribution in [3.63, 3.8) is 0 Å². The highest BCUT2D eigenvalue weighted by molar-refractivity contribution is 14.1. The summed E-state index contributed by atoms with van der Waals surface area (Å²) >= 11 is 8.65. The van der Waals surface area contributed by atoms with Crippen LogP contribution < -0.4 is 9.47 Å². The van der Waals surface area contributed by atoms with Crippen molar-refractivity contribution in [1.29, 1.82) is 0 Å². The van der Waals surface area contributed by atoms with E-state index in [-0.39, 0.29) is 22.4 Å². The zero-order valence-corrected chi connectivity index (χ0v) is 27.0. The Kier molecular flexibility index (Phi) is 7.90. The van der Waals surface area contributed by atoms with Crippen molar-refractivity contribution in [2.45, 2.75) is 72.8 Å². The molecule has 0 atom stereocenters. The van der Waals surface area contributed by atoms with Crippen LogP contribution in [0.25, 0.3) is 0 Å². The van der Waals surface area contributed by atoms with Crippen LogP contribution in [-0.2, 0) is 16.2 Å². The number of carbonyl (C=O) groups is 2. The lowest BCUT2D eigenvalue weighted by Crippen LogP contribution is -2.43. The highest BCUT2D eigenvalue weighted by Crippen LogP contribution is 2.54. The van der Waals surface area contributed by atoms with Gasteiger partial charge in [-0.2, -0.15) is 0 Å². The molecule has 0 saturated heterocycles. The Morgan fingerprint density at radius 1 is 0.925 bits per heavy atom. The Labute approximate surface area is 256 Å². The summed E-state index contributed by atoms with van der Waals surface area (Å²) in [4.78, 5) is 29.9. The molecule has 0 fully saturated rings. The number of allylic oxidation sites excluding steroid dienone is 4. The molecule has 0 spiro atoms. The number of hydrogen-bond acceptors (Lipinski definition) is 5. The Morgan fingerprint density at radius 3 is 2.05 bits per heavy atom. The van der Waals surface area contributed by atoms with E-state index in [1.54, 1.807) is 0 Å². The van der Waals surface area contributed by atoms with Crippen LogP contribution in [0.2, 0.25) is 5.02 Å². The first kappa shape index (κ1) is 29.2. The van der Waals surface area contributed by atoms with Crippen molar-refractivity contribution in [1.82, 2.24) is 4.90 Å². The fourth-order valence-electron chi connectivity index (χ4n) is 6.42. The Balaban J connectivity index is 1.65. The number of rotatable bonds is 6. The molecule has 2 aromatic rings. The van der Waals surface area contributed by atoms with Crippen molar-refractivity contribution in [3.05, 3.63) is 78.7 Å². The zero-order valence-electron chi connectivity index (χ0n) is 24.1. The van der Waals surface area contributed by atoms with Crippen LogP contribution in [0, 0.1) is 14.4 Å². The summed E-state index contributed by atoms with van der Waals surface area (Å²) in [6.45, 7) is 11.3. The van der Waals surface area contributed by atoms with Crippen molar-refractivity contribution in [2.24, 2.45) is 10.8 Å². The van der Waals surface area contributed by atoms with E-state index in [0.717, 1.165) is 50.1 Å². The number of ketones is 2. The molecule has 5 nitrogen and oxygen atoms in total. The second-order valence-electron chi connectivity index (χ2n) is 12.7. The number of benzene rings is 2. The standard InChI is InChI=1S/C33H37ClINO4/c1-7-39-27-13-20(12-22(35)31(27)40-18-19-10-8-9-11-21(19)34)28-29-23(14-32(2,3)16-25(29)37)36(6)24-15-33(4,5)17-26(38)30(24)28/h8-13,28H,7,14-18H2,1-6H3. The van der Waals surface area contributed by atoms with Gasteiger partial charge in [0, 0.05) is 58.9 Å². The molecular formula is C33H37ClINO4. The van der Waals surface area contributed by atoms with Gasteiger partial charge in [-0.3, -0.25) is 9.59 Å². The summed E-state index contributed by atoms with van der Waals surface area (Å²) in [5.74, 6) is 1.07. The lowest BCUT2D eigenvalue weighted by Gasteiger charge is -2.48. The third-order valence-electron chi connectivity index (χ3n) is 8.17. The molecule has 0 amide bonds. The first-order chi connectivity index (χ1) is 18.8. The van der Waals surface area contributed by atoms with Gasteiger partial charge in [0.1, 0.15) is 6.61 Å². The molecule has 2 aromatic carbocycles. The Hall–Kier alpha value is -2.32. The summed E-state index contributed by atoms with van der Waals surface area (Å²) in [5, 5.41) is 0.648. The lowest BCUT2D eigenvalue weighted by atomic mass is 9.64. The average molecular weight is 674 g/mol. The van der Waals surface area contributed by atoms with E-state index in [1.807, 2.05) is 44.3 Å². The second kappa shape index (κ2) is 10.8. The minimum Gasteiger partial charge on any atom is -0.490 e. The van der Waals surface area contributed by atoms with Gasteiger partial charge in [-0.05, 0) is 76.9 Å². The third kappa shape index (κ3) is 5.46. The maximum absolute atomic E-state index is 13.8.